The lowest BCUT2D eigenvalue weighted by Crippen LogP contribution is -2.33. The van der Waals surface area contributed by atoms with Crippen molar-refractivity contribution in [2.24, 2.45) is 0 Å². The highest BCUT2D eigenvalue weighted by Crippen LogP contribution is 2.38. The molecular formula is C21H21FN2O4. The van der Waals surface area contributed by atoms with Crippen LogP contribution in [0.4, 0.5) is 4.39 Å². The van der Waals surface area contributed by atoms with E-state index in [1.165, 1.54) is 29.2 Å². The van der Waals surface area contributed by atoms with E-state index >= 15 is 0 Å². The van der Waals surface area contributed by atoms with Crippen LogP contribution in [0.5, 0.6) is 0 Å². The van der Waals surface area contributed by atoms with Gasteiger partial charge in [0.1, 0.15) is 17.6 Å². The zero-order chi connectivity index (χ0) is 20.3. The van der Waals surface area contributed by atoms with Crippen molar-refractivity contribution >= 4 is 17.4 Å². The average molecular weight is 384 g/mol. The number of pyridine rings is 1. The van der Waals surface area contributed by atoms with Gasteiger partial charge in [-0.2, -0.15) is 0 Å². The zero-order valence-electron chi connectivity index (χ0n) is 15.6. The highest BCUT2D eigenvalue weighted by molar-refractivity contribution is 6.46. The summed E-state index contributed by atoms with van der Waals surface area (Å²) in [7, 11) is 0. The molecule has 1 atom stereocenters. The Labute approximate surface area is 162 Å². The number of likely N-dealkylation sites (tertiary alicyclic amines) is 1. The lowest BCUT2D eigenvalue weighted by Gasteiger charge is -2.24. The van der Waals surface area contributed by atoms with Crippen LogP contribution in [0.3, 0.4) is 0 Å². The first-order chi connectivity index (χ1) is 13.4. The molecule has 0 saturated carbocycles. The van der Waals surface area contributed by atoms with E-state index in [4.69, 9.17) is 4.74 Å². The fourth-order valence-electron chi connectivity index (χ4n) is 3.11. The summed E-state index contributed by atoms with van der Waals surface area (Å²) in [5.74, 6) is -2.36. The molecule has 1 aliphatic heterocycles. The van der Waals surface area contributed by atoms with Gasteiger partial charge in [-0.05, 0) is 50.2 Å². The zero-order valence-corrected chi connectivity index (χ0v) is 15.6. The smallest absolute Gasteiger partial charge is 0.295 e. The van der Waals surface area contributed by atoms with Crippen molar-refractivity contribution in [3.05, 3.63) is 71.3 Å². The van der Waals surface area contributed by atoms with E-state index in [9.17, 15) is 19.1 Å². The lowest BCUT2D eigenvalue weighted by molar-refractivity contribution is -0.140. The van der Waals surface area contributed by atoms with Crippen LogP contribution < -0.4 is 0 Å². The molecule has 0 radical (unpaired) electrons. The topological polar surface area (TPSA) is 79.7 Å². The Balaban J connectivity index is 2.06. The standard InChI is InChI=1S/C21H21FN2O4/c1-13(2)28-12-11-24-18(16-5-3-4-10-23-16)17(20(26)21(24)27)19(25)14-6-8-15(22)9-7-14/h3-10,13,18,25H,11-12H2,1-2H3/b19-17-. The third-order valence-corrected chi connectivity index (χ3v) is 4.41. The van der Waals surface area contributed by atoms with Gasteiger partial charge < -0.3 is 14.7 Å². The van der Waals surface area contributed by atoms with E-state index < -0.39 is 23.5 Å². The third-order valence-electron chi connectivity index (χ3n) is 4.41. The monoisotopic (exact) mass is 384 g/mol. The van der Waals surface area contributed by atoms with Gasteiger partial charge in [-0.3, -0.25) is 14.6 Å². The van der Waals surface area contributed by atoms with Crippen LogP contribution in [0.2, 0.25) is 0 Å². The summed E-state index contributed by atoms with van der Waals surface area (Å²) in [5.41, 5.74) is 0.633. The van der Waals surface area contributed by atoms with Gasteiger partial charge in [0.15, 0.2) is 0 Å². The molecule has 0 bridgehead atoms. The fourth-order valence-corrected chi connectivity index (χ4v) is 3.11. The largest absolute Gasteiger partial charge is 0.507 e. The van der Waals surface area contributed by atoms with Crippen molar-refractivity contribution in [3.63, 3.8) is 0 Å². The van der Waals surface area contributed by atoms with Crippen LogP contribution in [0.25, 0.3) is 5.76 Å². The number of hydrogen-bond donors (Lipinski definition) is 1. The number of benzene rings is 1. The Morgan fingerprint density at radius 3 is 2.54 bits per heavy atom. The maximum absolute atomic E-state index is 13.2. The number of amides is 1. The predicted molar refractivity (Wildman–Crippen MR) is 101 cm³/mol. The molecule has 6 nitrogen and oxygen atoms in total. The van der Waals surface area contributed by atoms with Gasteiger partial charge in [0.05, 0.1) is 24.0 Å². The number of ether oxygens (including phenoxy) is 1. The normalized spacial score (nSPS) is 18.9. The summed E-state index contributed by atoms with van der Waals surface area (Å²) in [6, 6.07) is 9.37. The number of Topliss-reactive ketones (excluding diaryl/α,β-unsaturated/α-hetero) is 1. The molecule has 3 rings (SSSR count). The number of carbonyl (C=O) groups is 2. The van der Waals surface area contributed by atoms with Crippen LogP contribution in [-0.4, -0.2) is 45.9 Å². The molecule has 2 heterocycles. The Morgan fingerprint density at radius 1 is 1.21 bits per heavy atom. The summed E-state index contributed by atoms with van der Waals surface area (Å²) < 4.78 is 18.7. The first kappa shape index (κ1) is 19.7. The van der Waals surface area contributed by atoms with E-state index in [1.807, 2.05) is 13.8 Å². The Bertz CT molecular complexity index is 894. The molecule has 1 saturated heterocycles. The third kappa shape index (κ3) is 3.94. The maximum atomic E-state index is 13.2. The number of aromatic nitrogens is 1. The molecule has 1 aromatic carbocycles. The van der Waals surface area contributed by atoms with E-state index in [0.29, 0.717) is 5.69 Å². The summed E-state index contributed by atoms with van der Waals surface area (Å²) in [6.45, 7) is 4.16. The van der Waals surface area contributed by atoms with Crippen LogP contribution in [-0.2, 0) is 14.3 Å². The molecule has 2 aromatic rings. The minimum atomic E-state index is -0.845. The predicted octanol–water partition coefficient (Wildman–Crippen LogP) is 3.07. The molecule has 0 spiro atoms. The van der Waals surface area contributed by atoms with Gasteiger partial charge in [0, 0.05) is 18.3 Å². The summed E-state index contributed by atoms with van der Waals surface area (Å²) in [6.07, 6.45) is 1.53. The molecule has 1 aliphatic rings. The Hall–Kier alpha value is -3.06. The van der Waals surface area contributed by atoms with Crippen LogP contribution in [0.15, 0.2) is 54.2 Å². The number of aliphatic hydroxyl groups is 1. The van der Waals surface area contributed by atoms with Crippen molar-refractivity contribution in [2.45, 2.75) is 26.0 Å². The highest BCUT2D eigenvalue weighted by atomic mass is 19.1. The van der Waals surface area contributed by atoms with E-state index in [2.05, 4.69) is 4.98 Å². The average Bonchev–Trinajstić information content (AvgIpc) is 2.93. The fraction of sp³-hybridized carbons (Fsp3) is 0.286. The first-order valence-corrected chi connectivity index (χ1v) is 8.97. The number of rotatable bonds is 6. The lowest BCUT2D eigenvalue weighted by atomic mass is 9.98. The number of halogens is 1. The highest BCUT2D eigenvalue weighted by Gasteiger charge is 2.46. The number of carbonyl (C=O) groups excluding carboxylic acids is 2. The van der Waals surface area contributed by atoms with Crippen LogP contribution >= 0.6 is 0 Å². The molecule has 1 N–H and O–H groups in total. The molecule has 146 valence electrons. The van der Waals surface area contributed by atoms with Crippen molar-refractivity contribution < 1.29 is 23.8 Å². The quantitative estimate of drug-likeness (QED) is 0.470. The molecule has 1 fully saturated rings. The van der Waals surface area contributed by atoms with Gasteiger partial charge in [0.2, 0.25) is 0 Å². The van der Waals surface area contributed by atoms with Gasteiger partial charge in [0.25, 0.3) is 11.7 Å². The van der Waals surface area contributed by atoms with Crippen LogP contribution in [0, 0.1) is 5.82 Å². The summed E-state index contributed by atoms with van der Waals surface area (Å²) >= 11 is 0. The molecule has 1 unspecified atom stereocenters. The summed E-state index contributed by atoms with van der Waals surface area (Å²) in [5, 5.41) is 10.8. The molecule has 1 aromatic heterocycles. The number of nitrogens with zero attached hydrogens (tertiary/aromatic N) is 2. The van der Waals surface area contributed by atoms with Crippen molar-refractivity contribution in [3.8, 4) is 0 Å². The Morgan fingerprint density at radius 2 is 1.93 bits per heavy atom. The number of aliphatic hydroxyl groups excluding tert-OH is 1. The van der Waals surface area contributed by atoms with E-state index in [1.54, 1.807) is 24.4 Å². The second-order valence-electron chi connectivity index (χ2n) is 6.67. The molecule has 0 aliphatic carbocycles. The molecule has 1 amide bonds. The van der Waals surface area contributed by atoms with Gasteiger partial charge in [-0.15, -0.1) is 0 Å². The molecular weight excluding hydrogens is 363 g/mol. The molecule has 7 heteroatoms. The molecule has 28 heavy (non-hydrogen) atoms. The van der Waals surface area contributed by atoms with Crippen molar-refractivity contribution in [2.75, 3.05) is 13.2 Å². The first-order valence-electron chi connectivity index (χ1n) is 8.97. The van der Waals surface area contributed by atoms with Crippen molar-refractivity contribution in [1.29, 1.82) is 0 Å². The van der Waals surface area contributed by atoms with Gasteiger partial charge >= 0.3 is 0 Å². The van der Waals surface area contributed by atoms with Gasteiger partial charge in [-0.25, -0.2) is 4.39 Å². The van der Waals surface area contributed by atoms with E-state index in [0.717, 1.165) is 0 Å². The Kier molecular flexibility index (Phi) is 5.84. The van der Waals surface area contributed by atoms with Crippen LogP contribution in [0.1, 0.15) is 31.1 Å². The van der Waals surface area contributed by atoms with E-state index in [-0.39, 0.29) is 36.2 Å². The number of ketones is 1. The van der Waals surface area contributed by atoms with Crippen molar-refractivity contribution in [1.82, 2.24) is 9.88 Å². The number of hydrogen-bond acceptors (Lipinski definition) is 5. The van der Waals surface area contributed by atoms with Gasteiger partial charge in [-0.1, -0.05) is 6.07 Å². The SMILES string of the molecule is CC(C)OCCN1C(=O)C(=O)/C(=C(\O)c2ccc(F)cc2)C1c1ccccn1. The maximum Gasteiger partial charge on any atom is 0.295 e. The minimum absolute atomic E-state index is 0.0238. The second-order valence-corrected chi connectivity index (χ2v) is 6.67. The summed E-state index contributed by atoms with van der Waals surface area (Å²) in [4.78, 5) is 31.0. The second kappa shape index (κ2) is 8.31. The minimum Gasteiger partial charge on any atom is -0.507 e.